The summed E-state index contributed by atoms with van der Waals surface area (Å²) in [5.74, 6) is 1.76. The second-order valence-corrected chi connectivity index (χ2v) is 8.89. The van der Waals surface area contributed by atoms with Gasteiger partial charge in [-0.1, -0.05) is 29.3 Å². The Kier molecular flexibility index (Phi) is 6.38. The number of anilines is 1. The minimum Gasteiger partial charge on any atom is -0.456 e. The predicted molar refractivity (Wildman–Crippen MR) is 117 cm³/mol. The van der Waals surface area contributed by atoms with Gasteiger partial charge in [0, 0.05) is 32.2 Å². The average molecular weight is 436 g/mol. The fraction of sp³-hybridized carbons (Fsp3) is 0.500. The second-order valence-electron chi connectivity index (χ2n) is 8.11. The molecule has 0 unspecified atom stereocenters. The largest absolute Gasteiger partial charge is 0.456 e. The van der Waals surface area contributed by atoms with Gasteiger partial charge in [0.1, 0.15) is 5.76 Å². The molecule has 5 nitrogen and oxygen atoms in total. The van der Waals surface area contributed by atoms with Gasteiger partial charge in [0.05, 0.1) is 15.7 Å². The molecule has 1 saturated carbocycles. The maximum atomic E-state index is 12.1. The molecule has 2 fully saturated rings. The summed E-state index contributed by atoms with van der Waals surface area (Å²) in [6.07, 6.45) is 3.30. The molecule has 2 aliphatic rings. The number of halogens is 2. The van der Waals surface area contributed by atoms with Crippen molar-refractivity contribution in [1.82, 2.24) is 10.2 Å². The Bertz CT molecular complexity index is 855. The van der Waals surface area contributed by atoms with E-state index in [0.717, 1.165) is 57.0 Å². The molecule has 7 heteroatoms. The van der Waals surface area contributed by atoms with E-state index in [1.165, 1.54) is 6.42 Å². The van der Waals surface area contributed by atoms with Crippen LogP contribution in [0.5, 0.6) is 0 Å². The van der Waals surface area contributed by atoms with Crippen molar-refractivity contribution >= 4 is 34.8 Å². The molecule has 4 rings (SSSR count). The van der Waals surface area contributed by atoms with Crippen LogP contribution in [0.4, 0.5) is 5.69 Å². The number of nitrogens with zero attached hydrogens (tertiary/aromatic N) is 2. The number of carbonyl (C=O) groups excluding carboxylic acids is 1. The van der Waals surface area contributed by atoms with E-state index in [1.54, 1.807) is 6.07 Å². The highest BCUT2D eigenvalue weighted by molar-refractivity contribution is 6.43. The molecule has 0 spiro atoms. The normalized spacial score (nSPS) is 22.4. The van der Waals surface area contributed by atoms with Gasteiger partial charge in [-0.3, -0.25) is 9.69 Å². The standard InChI is InChI=1S/C22H27Cl2N3O2/c1-15-5-6-20(29-15)22(28)25-17-13-16(14-17)7-8-26-9-11-27(12-10-26)19-4-2-3-18(23)21(19)24/h2-6,16-17H,7-14H2,1H3,(H,25,28). The minimum atomic E-state index is -0.0997. The summed E-state index contributed by atoms with van der Waals surface area (Å²) >= 11 is 12.5. The first kappa shape index (κ1) is 20.6. The van der Waals surface area contributed by atoms with Crippen LogP contribution in [0, 0.1) is 12.8 Å². The Morgan fingerprint density at radius 3 is 2.59 bits per heavy atom. The molecule has 0 bridgehead atoms. The lowest BCUT2D eigenvalue weighted by molar-refractivity contribution is 0.0848. The van der Waals surface area contributed by atoms with E-state index in [9.17, 15) is 4.79 Å². The van der Waals surface area contributed by atoms with Gasteiger partial charge in [-0.15, -0.1) is 0 Å². The molecule has 1 aliphatic heterocycles. The number of rotatable bonds is 6. The first-order valence-corrected chi connectivity index (χ1v) is 11.0. The smallest absolute Gasteiger partial charge is 0.287 e. The Morgan fingerprint density at radius 1 is 1.14 bits per heavy atom. The molecule has 29 heavy (non-hydrogen) atoms. The highest BCUT2D eigenvalue weighted by Gasteiger charge is 2.31. The Labute approximate surface area is 181 Å². The Morgan fingerprint density at radius 2 is 1.90 bits per heavy atom. The fourth-order valence-electron chi connectivity index (χ4n) is 4.22. The lowest BCUT2D eigenvalue weighted by atomic mass is 9.78. The van der Waals surface area contributed by atoms with Gasteiger partial charge in [-0.2, -0.15) is 0 Å². The molecule has 0 radical (unpaired) electrons. The maximum absolute atomic E-state index is 12.1. The van der Waals surface area contributed by atoms with E-state index in [2.05, 4.69) is 15.1 Å². The van der Waals surface area contributed by atoms with Gasteiger partial charge in [0.15, 0.2) is 5.76 Å². The third-order valence-electron chi connectivity index (χ3n) is 6.03. The minimum absolute atomic E-state index is 0.0997. The first-order chi connectivity index (χ1) is 14.0. The van der Waals surface area contributed by atoms with Crippen molar-refractivity contribution in [1.29, 1.82) is 0 Å². The zero-order valence-electron chi connectivity index (χ0n) is 16.7. The van der Waals surface area contributed by atoms with Crippen LogP contribution in [-0.2, 0) is 0 Å². The van der Waals surface area contributed by atoms with E-state index < -0.39 is 0 Å². The Hall–Kier alpha value is -1.69. The summed E-state index contributed by atoms with van der Waals surface area (Å²) in [6.45, 7) is 6.96. The number of hydrogen-bond donors (Lipinski definition) is 1. The van der Waals surface area contributed by atoms with Gasteiger partial charge < -0.3 is 14.6 Å². The number of carbonyl (C=O) groups is 1. The van der Waals surface area contributed by atoms with Crippen molar-refractivity contribution in [2.45, 2.75) is 32.2 Å². The van der Waals surface area contributed by atoms with Crippen molar-refractivity contribution in [2.24, 2.45) is 5.92 Å². The molecule has 2 heterocycles. The summed E-state index contributed by atoms with van der Waals surface area (Å²) < 4.78 is 5.38. The molecule has 156 valence electrons. The van der Waals surface area contributed by atoms with Crippen LogP contribution in [0.1, 0.15) is 35.6 Å². The molecule has 1 aromatic heterocycles. The molecule has 1 aliphatic carbocycles. The molecular formula is C22H27Cl2N3O2. The van der Waals surface area contributed by atoms with Gasteiger partial charge in [-0.05, 0) is 62.9 Å². The monoisotopic (exact) mass is 435 g/mol. The van der Waals surface area contributed by atoms with Crippen molar-refractivity contribution in [3.05, 3.63) is 51.9 Å². The van der Waals surface area contributed by atoms with Gasteiger partial charge in [0.2, 0.25) is 0 Å². The lowest BCUT2D eigenvalue weighted by Crippen LogP contribution is -2.48. The number of benzene rings is 1. The van der Waals surface area contributed by atoms with Crippen LogP contribution in [0.25, 0.3) is 0 Å². The third-order valence-corrected chi connectivity index (χ3v) is 6.84. The molecule has 1 amide bonds. The highest BCUT2D eigenvalue weighted by atomic mass is 35.5. The van der Waals surface area contributed by atoms with Gasteiger partial charge >= 0.3 is 0 Å². The van der Waals surface area contributed by atoms with E-state index in [1.807, 2.05) is 31.2 Å². The topological polar surface area (TPSA) is 48.7 Å². The Balaban J connectivity index is 1.15. The summed E-state index contributed by atoms with van der Waals surface area (Å²) in [4.78, 5) is 17.0. The fourth-order valence-corrected chi connectivity index (χ4v) is 4.63. The van der Waals surface area contributed by atoms with Crippen LogP contribution in [0.2, 0.25) is 10.0 Å². The van der Waals surface area contributed by atoms with Crippen molar-refractivity contribution in [3.8, 4) is 0 Å². The third kappa shape index (κ3) is 4.90. The molecule has 0 atom stereocenters. The summed E-state index contributed by atoms with van der Waals surface area (Å²) in [6, 6.07) is 9.65. The quantitative estimate of drug-likeness (QED) is 0.718. The van der Waals surface area contributed by atoms with Crippen molar-refractivity contribution < 1.29 is 9.21 Å². The number of amides is 1. The molecule has 2 aromatic rings. The number of furan rings is 1. The number of hydrogen-bond acceptors (Lipinski definition) is 4. The lowest BCUT2D eigenvalue weighted by Gasteiger charge is -2.39. The van der Waals surface area contributed by atoms with Crippen molar-refractivity contribution in [2.75, 3.05) is 37.6 Å². The summed E-state index contributed by atoms with van der Waals surface area (Å²) in [7, 11) is 0. The molecule has 1 aromatic carbocycles. The zero-order chi connectivity index (χ0) is 20.4. The summed E-state index contributed by atoms with van der Waals surface area (Å²) in [5, 5.41) is 4.33. The zero-order valence-corrected chi connectivity index (χ0v) is 18.2. The molecule has 1 saturated heterocycles. The second kappa shape index (κ2) is 8.99. The summed E-state index contributed by atoms with van der Waals surface area (Å²) in [5.41, 5.74) is 1.03. The van der Waals surface area contributed by atoms with Crippen LogP contribution in [-0.4, -0.2) is 49.6 Å². The predicted octanol–water partition coefficient (Wildman–Crippen LogP) is 4.62. The highest BCUT2D eigenvalue weighted by Crippen LogP contribution is 2.33. The number of aryl methyl sites for hydroxylation is 1. The van der Waals surface area contributed by atoms with Gasteiger partial charge in [-0.25, -0.2) is 0 Å². The van der Waals surface area contributed by atoms with Crippen molar-refractivity contribution in [3.63, 3.8) is 0 Å². The van der Waals surface area contributed by atoms with E-state index in [4.69, 9.17) is 27.6 Å². The SMILES string of the molecule is Cc1ccc(C(=O)NC2CC(CCN3CCN(c4cccc(Cl)c4Cl)CC3)C2)o1. The first-order valence-electron chi connectivity index (χ1n) is 10.3. The van der Waals surface area contributed by atoms with Gasteiger partial charge in [0.25, 0.3) is 5.91 Å². The van der Waals surface area contributed by atoms with E-state index in [0.29, 0.717) is 21.7 Å². The van der Waals surface area contributed by atoms with Crippen LogP contribution in [0.15, 0.2) is 34.7 Å². The molecular weight excluding hydrogens is 409 g/mol. The van der Waals surface area contributed by atoms with E-state index in [-0.39, 0.29) is 11.9 Å². The van der Waals surface area contributed by atoms with E-state index >= 15 is 0 Å². The number of nitrogens with one attached hydrogen (secondary N) is 1. The van der Waals surface area contributed by atoms with Crippen LogP contribution >= 0.6 is 23.2 Å². The van der Waals surface area contributed by atoms with Crippen LogP contribution < -0.4 is 10.2 Å². The molecule has 1 N–H and O–H groups in total. The average Bonchev–Trinajstić information content (AvgIpc) is 3.12. The maximum Gasteiger partial charge on any atom is 0.287 e. The van der Waals surface area contributed by atoms with Crippen LogP contribution in [0.3, 0.4) is 0 Å². The number of piperazine rings is 1.